The number of alkyl halides is 3. The van der Waals surface area contributed by atoms with Gasteiger partial charge in [-0.2, -0.15) is 13.2 Å². The van der Waals surface area contributed by atoms with Gasteiger partial charge in [0.1, 0.15) is 11.4 Å². The maximum absolute atomic E-state index is 13.1. The lowest BCUT2D eigenvalue weighted by Crippen LogP contribution is -2.58. The maximum atomic E-state index is 13.1. The summed E-state index contributed by atoms with van der Waals surface area (Å²) in [6, 6.07) is 8.51. The quantitative estimate of drug-likeness (QED) is 0.359. The van der Waals surface area contributed by atoms with E-state index in [0.29, 0.717) is 25.7 Å². The Bertz CT molecular complexity index is 1010. The molecule has 0 saturated carbocycles. The fourth-order valence-corrected chi connectivity index (χ4v) is 3.87. The molecule has 1 saturated heterocycles. The molecule has 0 bridgehead atoms. The van der Waals surface area contributed by atoms with Gasteiger partial charge in [-0.15, -0.1) is 0 Å². The van der Waals surface area contributed by atoms with E-state index in [2.05, 4.69) is 4.90 Å². The van der Waals surface area contributed by atoms with Crippen LogP contribution in [0, 0.1) is 15.9 Å². The summed E-state index contributed by atoms with van der Waals surface area (Å²) in [5, 5.41) is 11.2. The van der Waals surface area contributed by atoms with Gasteiger partial charge in [0.15, 0.2) is 12.4 Å². The van der Waals surface area contributed by atoms with Crippen LogP contribution >= 0.6 is 0 Å². The standard InChI is InChI=1S/C22H23F4N3O4/c1-14-11-28(15(2)10-27(14)12-16-6-8-17(23)9-7-16)20(30)13-33-19-5-3-4-18(22(24,25)26)21(19)29(31)32/h3-9,14-15H,10-13H2,1-2H3/t14-,15+/m0/s1. The van der Waals surface area contributed by atoms with E-state index in [0.717, 1.165) is 17.7 Å². The Balaban J connectivity index is 1.66. The van der Waals surface area contributed by atoms with Crippen LogP contribution in [-0.4, -0.2) is 52.4 Å². The van der Waals surface area contributed by atoms with E-state index in [1.54, 1.807) is 17.0 Å². The number of para-hydroxylation sites is 1. The Morgan fingerprint density at radius 3 is 2.39 bits per heavy atom. The van der Waals surface area contributed by atoms with Crippen molar-refractivity contribution in [2.75, 3.05) is 19.7 Å². The van der Waals surface area contributed by atoms with Gasteiger partial charge in [-0.05, 0) is 43.7 Å². The Morgan fingerprint density at radius 2 is 1.79 bits per heavy atom. The SMILES string of the molecule is C[C@@H]1CN(Cc2ccc(F)cc2)[C@@H](C)CN1C(=O)COc1cccc(C(F)(F)F)c1[N+](=O)[O-]. The Morgan fingerprint density at radius 1 is 1.12 bits per heavy atom. The molecule has 0 N–H and O–H groups in total. The molecule has 1 aliphatic heterocycles. The molecule has 2 aromatic carbocycles. The van der Waals surface area contributed by atoms with Gasteiger partial charge in [-0.1, -0.05) is 18.2 Å². The van der Waals surface area contributed by atoms with Crippen molar-refractivity contribution in [3.63, 3.8) is 0 Å². The van der Waals surface area contributed by atoms with E-state index in [4.69, 9.17) is 4.74 Å². The molecule has 0 aliphatic carbocycles. The fraction of sp³-hybridized carbons (Fsp3) is 0.409. The minimum atomic E-state index is -4.93. The van der Waals surface area contributed by atoms with Gasteiger partial charge in [0.05, 0.1) is 4.92 Å². The highest BCUT2D eigenvalue weighted by Gasteiger charge is 2.40. The highest BCUT2D eigenvalue weighted by atomic mass is 19.4. The van der Waals surface area contributed by atoms with Gasteiger partial charge < -0.3 is 9.64 Å². The normalized spacial score (nSPS) is 19.4. The second kappa shape index (κ2) is 9.74. The third kappa shape index (κ3) is 5.78. The molecule has 3 rings (SSSR count). The Kier molecular flexibility index (Phi) is 7.21. The minimum Gasteiger partial charge on any atom is -0.477 e. The minimum absolute atomic E-state index is 0.0434. The third-order valence-electron chi connectivity index (χ3n) is 5.57. The van der Waals surface area contributed by atoms with E-state index < -0.39 is 40.6 Å². The number of nitrogens with zero attached hydrogens (tertiary/aromatic N) is 3. The number of nitro groups is 1. The molecule has 1 amide bonds. The molecule has 178 valence electrons. The first-order valence-electron chi connectivity index (χ1n) is 10.2. The average molecular weight is 469 g/mol. The highest BCUT2D eigenvalue weighted by molar-refractivity contribution is 5.78. The van der Waals surface area contributed by atoms with Crippen molar-refractivity contribution in [2.45, 2.75) is 38.7 Å². The van der Waals surface area contributed by atoms with Gasteiger partial charge in [-0.25, -0.2) is 4.39 Å². The van der Waals surface area contributed by atoms with E-state index in [-0.39, 0.29) is 17.9 Å². The topological polar surface area (TPSA) is 75.9 Å². The molecule has 2 aromatic rings. The van der Waals surface area contributed by atoms with Crippen LogP contribution in [0.5, 0.6) is 5.75 Å². The summed E-state index contributed by atoms with van der Waals surface area (Å²) in [6.07, 6.45) is -4.93. The zero-order valence-corrected chi connectivity index (χ0v) is 18.0. The number of hydrogen-bond donors (Lipinski definition) is 0. The summed E-state index contributed by atoms with van der Waals surface area (Å²) < 4.78 is 57.7. The maximum Gasteiger partial charge on any atom is 0.423 e. The lowest BCUT2D eigenvalue weighted by molar-refractivity contribution is -0.389. The molecule has 11 heteroatoms. The first kappa shape index (κ1) is 24.4. The number of nitro benzene ring substituents is 1. The molecule has 0 spiro atoms. The lowest BCUT2D eigenvalue weighted by atomic mass is 10.1. The molecule has 33 heavy (non-hydrogen) atoms. The van der Waals surface area contributed by atoms with Crippen LogP contribution in [-0.2, 0) is 17.5 Å². The van der Waals surface area contributed by atoms with E-state index in [9.17, 15) is 32.5 Å². The molecule has 1 heterocycles. The highest BCUT2D eigenvalue weighted by Crippen LogP contribution is 2.41. The Hall–Kier alpha value is -3.21. The van der Waals surface area contributed by atoms with Crippen molar-refractivity contribution in [1.29, 1.82) is 0 Å². The molecule has 0 unspecified atom stereocenters. The summed E-state index contributed by atoms with van der Waals surface area (Å²) in [6.45, 7) is 4.56. The zero-order valence-electron chi connectivity index (χ0n) is 18.0. The number of carbonyl (C=O) groups excluding carboxylic acids is 1. The summed E-state index contributed by atoms with van der Waals surface area (Å²) in [7, 11) is 0. The van der Waals surface area contributed by atoms with E-state index >= 15 is 0 Å². The number of carbonyl (C=O) groups is 1. The second-order valence-corrected chi connectivity index (χ2v) is 8.00. The Labute approximate surface area is 187 Å². The summed E-state index contributed by atoms with van der Waals surface area (Å²) in [4.78, 5) is 26.5. The molecule has 0 radical (unpaired) electrons. The lowest BCUT2D eigenvalue weighted by Gasteiger charge is -2.44. The molecule has 1 fully saturated rings. The largest absolute Gasteiger partial charge is 0.477 e. The predicted molar refractivity (Wildman–Crippen MR) is 111 cm³/mol. The van der Waals surface area contributed by atoms with Gasteiger partial charge in [0, 0.05) is 31.7 Å². The fourth-order valence-electron chi connectivity index (χ4n) is 3.87. The number of amides is 1. The molecule has 7 nitrogen and oxygen atoms in total. The van der Waals surface area contributed by atoms with Crippen molar-refractivity contribution in [1.82, 2.24) is 9.80 Å². The van der Waals surface area contributed by atoms with Crippen molar-refractivity contribution in [3.8, 4) is 5.75 Å². The van der Waals surface area contributed by atoms with Crippen LogP contribution in [0.3, 0.4) is 0 Å². The molecular weight excluding hydrogens is 446 g/mol. The number of ether oxygens (including phenoxy) is 1. The number of hydrogen-bond acceptors (Lipinski definition) is 5. The van der Waals surface area contributed by atoms with Gasteiger partial charge >= 0.3 is 11.9 Å². The van der Waals surface area contributed by atoms with Gasteiger partial charge in [0.2, 0.25) is 0 Å². The van der Waals surface area contributed by atoms with E-state index in [1.165, 1.54) is 12.1 Å². The van der Waals surface area contributed by atoms with E-state index in [1.807, 2.05) is 13.8 Å². The smallest absolute Gasteiger partial charge is 0.423 e. The first-order valence-corrected chi connectivity index (χ1v) is 10.2. The summed E-state index contributed by atoms with van der Waals surface area (Å²) in [5.74, 6) is -1.42. The molecular formula is C22H23F4N3O4. The van der Waals surface area contributed by atoms with Crippen molar-refractivity contribution in [2.24, 2.45) is 0 Å². The first-order chi connectivity index (χ1) is 15.5. The molecule has 0 aromatic heterocycles. The second-order valence-electron chi connectivity index (χ2n) is 8.00. The van der Waals surface area contributed by atoms with Gasteiger partial charge in [0.25, 0.3) is 5.91 Å². The van der Waals surface area contributed by atoms with Crippen LogP contribution < -0.4 is 4.74 Å². The summed E-state index contributed by atoms with van der Waals surface area (Å²) in [5.41, 5.74) is -1.73. The van der Waals surface area contributed by atoms with Crippen molar-refractivity contribution >= 4 is 11.6 Å². The van der Waals surface area contributed by atoms with Crippen LogP contribution in [0.1, 0.15) is 25.0 Å². The van der Waals surface area contributed by atoms with Crippen molar-refractivity contribution < 1.29 is 32.0 Å². The van der Waals surface area contributed by atoms with Crippen molar-refractivity contribution in [3.05, 3.63) is 69.5 Å². The van der Waals surface area contributed by atoms with Crippen LogP contribution in [0.25, 0.3) is 0 Å². The third-order valence-corrected chi connectivity index (χ3v) is 5.57. The van der Waals surface area contributed by atoms with Crippen LogP contribution in [0.15, 0.2) is 42.5 Å². The molecule has 2 atom stereocenters. The van der Waals surface area contributed by atoms with Crippen LogP contribution in [0.2, 0.25) is 0 Å². The predicted octanol–water partition coefficient (Wildman–Crippen LogP) is 4.25. The van der Waals surface area contributed by atoms with Gasteiger partial charge in [-0.3, -0.25) is 19.8 Å². The zero-order chi connectivity index (χ0) is 24.3. The van der Waals surface area contributed by atoms with Crippen LogP contribution in [0.4, 0.5) is 23.2 Å². The average Bonchev–Trinajstić information content (AvgIpc) is 2.74. The monoisotopic (exact) mass is 469 g/mol. The number of piperazine rings is 1. The number of rotatable bonds is 6. The summed E-state index contributed by atoms with van der Waals surface area (Å²) >= 11 is 0. The molecule has 1 aliphatic rings. The number of halogens is 4. The number of benzene rings is 2.